The molecule has 2 aliphatic heterocycles. The van der Waals surface area contributed by atoms with Crippen molar-refractivity contribution in [1.29, 1.82) is 0 Å². The lowest BCUT2D eigenvalue weighted by Crippen LogP contribution is -2.54. The Morgan fingerprint density at radius 1 is 1.02 bits per heavy atom. The molecule has 1 saturated heterocycles. The Hall–Kier alpha value is -3.79. The summed E-state index contributed by atoms with van der Waals surface area (Å²) in [5, 5.41) is 2.90. The Morgan fingerprint density at radius 3 is 2.35 bits per heavy atom. The number of nitrogens with one attached hydrogen (secondary N) is 1. The Morgan fingerprint density at radius 2 is 1.73 bits per heavy atom. The van der Waals surface area contributed by atoms with Gasteiger partial charge in [-0.15, -0.1) is 0 Å². The monoisotopic (exact) mass is 562 g/mol. The van der Waals surface area contributed by atoms with Gasteiger partial charge in [0.1, 0.15) is 5.82 Å². The van der Waals surface area contributed by atoms with Crippen molar-refractivity contribution >= 4 is 33.2 Å². The molecule has 1 spiro atoms. The van der Waals surface area contributed by atoms with E-state index in [0.29, 0.717) is 42.9 Å². The molecule has 1 saturated carbocycles. The van der Waals surface area contributed by atoms with Gasteiger partial charge < -0.3 is 10.2 Å². The van der Waals surface area contributed by atoms with Crippen molar-refractivity contribution in [3.05, 3.63) is 83.4 Å². The second-order valence-corrected chi connectivity index (χ2v) is 13.0. The van der Waals surface area contributed by atoms with Crippen LogP contribution in [0.2, 0.25) is 0 Å². The van der Waals surface area contributed by atoms with E-state index in [1.165, 1.54) is 16.4 Å². The van der Waals surface area contributed by atoms with E-state index in [-0.39, 0.29) is 28.7 Å². The van der Waals surface area contributed by atoms with Gasteiger partial charge in [-0.2, -0.15) is 0 Å². The zero-order chi connectivity index (χ0) is 28.2. The molecule has 208 valence electrons. The van der Waals surface area contributed by atoms with Gasteiger partial charge in [-0.3, -0.25) is 18.9 Å². The fourth-order valence-electron chi connectivity index (χ4n) is 6.47. The predicted molar refractivity (Wildman–Crippen MR) is 149 cm³/mol. The zero-order valence-corrected chi connectivity index (χ0v) is 23.2. The van der Waals surface area contributed by atoms with Crippen molar-refractivity contribution in [2.24, 2.45) is 5.92 Å². The SMILES string of the molecule is CC(=O)N1CCC2(CC1)c1cc(C(=O)Nc3cncc(C)c3)ccc1N(S(=O)(=O)c1ccc(F)cc1)C2C1CC1. The number of anilines is 2. The number of pyridine rings is 1. The van der Waals surface area contributed by atoms with Crippen molar-refractivity contribution in [2.75, 3.05) is 22.7 Å². The Balaban J connectivity index is 1.46. The van der Waals surface area contributed by atoms with E-state index in [9.17, 15) is 22.4 Å². The number of aryl methyl sites for hydroxylation is 1. The molecule has 6 rings (SSSR count). The Bertz CT molecular complexity index is 1600. The minimum absolute atomic E-state index is 0.00766. The predicted octanol–water partition coefficient (Wildman–Crippen LogP) is 4.65. The fourth-order valence-corrected chi connectivity index (χ4v) is 8.27. The van der Waals surface area contributed by atoms with E-state index in [2.05, 4.69) is 10.3 Å². The molecule has 1 atom stereocenters. The highest BCUT2D eigenvalue weighted by Gasteiger charge is 2.60. The van der Waals surface area contributed by atoms with Crippen LogP contribution in [-0.2, 0) is 20.2 Å². The van der Waals surface area contributed by atoms with E-state index in [0.717, 1.165) is 36.1 Å². The number of piperidine rings is 1. The second kappa shape index (κ2) is 9.69. The summed E-state index contributed by atoms with van der Waals surface area (Å²) in [6, 6.07) is 11.6. The van der Waals surface area contributed by atoms with Crippen LogP contribution in [0, 0.1) is 18.7 Å². The molecule has 3 aromatic rings. The summed E-state index contributed by atoms with van der Waals surface area (Å²) in [5.41, 5.74) is 2.71. The first kappa shape index (κ1) is 26.4. The Labute approximate surface area is 233 Å². The normalized spacial score (nSPS) is 19.9. The van der Waals surface area contributed by atoms with Gasteiger partial charge >= 0.3 is 0 Å². The number of halogens is 1. The lowest BCUT2D eigenvalue weighted by atomic mass is 9.68. The molecule has 10 heteroatoms. The molecule has 0 radical (unpaired) electrons. The van der Waals surface area contributed by atoms with Gasteiger partial charge in [-0.25, -0.2) is 12.8 Å². The minimum atomic E-state index is -4.04. The summed E-state index contributed by atoms with van der Waals surface area (Å²) >= 11 is 0. The van der Waals surface area contributed by atoms with E-state index in [1.54, 1.807) is 36.4 Å². The highest BCUT2D eigenvalue weighted by atomic mass is 32.2. The molecular weight excluding hydrogens is 531 g/mol. The third-order valence-corrected chi connectivity index (χ3v) is 10.3. The van der Waals surface area contributed by atoms with Gasteiger partial charge in [0.25, 0.3) is 15.9 Å². The molecular formula is C30H31FN4O4S. The first-order chi connectivity index (χ1) is 19.1. The fraction of sp³-hybridized carbons (Fsp3) is 0.367. The van der Waals surface area contributed by atoms with Crippen molar-refractivity contribution in [1.82, 2.24) is 9.88 Å². The molecule has 1 unspecified atom stereocenters. The first-order valence-corrected chi connectivity index (χ1v) is 15.0. The highest BCUT2D eigenvalue weighted by molar-refractivity contribution is 7.92. The summed E-state index contributed by atoms with van der Waals surface area (Å²) < 4.78 is 43.6. The number of fused-ring (bicyclic) bond motifs is 2. The summed E-state index contributed by atoms with van der Waals surface area (Å²) in [6.45, 7) is 4.46. The van der Waals surface area contributed by atoms with Crippen LogP contribution in [-0.4, -0.2) is 49.2 Å². The number of likely N-dealkylation sites (tertiary alicyclic amines) is 1. The van der Waals surface area contributed by atoms with Crippen molar-refractivity contribution in [3.63, 3.8) is 0 Å². The van der Waals surface area contributed by atoms with Crippen LogP contribution in [0.3, 0.4) is 0 Å². The number of benzene rings is 2. The maximum absolute atomic E-state index is 14.2. The highest BCUT2D eigenvalue weighted by Crippen LogP contribution is 2.59. The van der Waals surface area contributed by atoms with Crippen molar-refractivity contribution in [3.8, 4) is 0 Å². The molecule has 3 aliphatic rings. The molecule has 3 heterocycles. The van der Waals surface area contributed by atoms with Crippen LogP contribution >= 0.6 is 0 Å². The molecule has 0 bridgehead atoms. The summed E-state index contributed by atoms with van der Waals surface area (Å²) in [4.78, 5) is 31.5. The third kappa shape index (κ3) is 4.44. The van der Waals surface area contributed by atoms with Gasteiger partial charge in [-0.05, 0) is 98.2 Å². The lowest BCUT2D eigenvalue weighted by Gasteiger charge is -2.45. The largest absolute Gasteiger partial charge is 0.343 e. The van der Waals surface area contributed by atoms with E-state index in [4.69, 9.17) is 0 Å². The molecule has 1 aromatic heterocycles. The van der Waals surface area contributed by atoms with E-state index in [1.807, 2.05) is 19.1 Å². The Kier molecular flexibility index (Phi) is 6.40. The van der Waals surface area contributed by atoms with Crippen LogP contribution in [0.25, 0.3) is 0 Å². The smallest absolute Gasteiger partial charge is 0.264 e. The zero-order valence-electron chi connectivity index (χ0n) is 22.4. The number of aromatic nitrogens is 1. The van der Waals surface area contributed by atoms with Gasteiger partial charge in [0.05, 0.1) is 28.5 Å². The average Bonchev–Trinajstić information content (AvgIpc) is 3.73. The standard InChI is InChI=1S/C30H31FN4O4S/c1-19-15-24(18-32-17-19)33-29(37)22-5-10-27-26(16-22)30(11-13-34(14-12-30)20(2)36)28(21-3-4-21)35(27)40(38,39)25-8-6-23(31)7-9-25/h5-10,15-18,21,28H,3-4,11-14H2,1-2H3,(H,33,37). The molecule has 8 nitrogen and oxygen atoms in total. The summed E-state index contributed by atoms with van der Waals surface area (Å²) in [5.74, 6) is -0.671. The maximum Gasteiger partial charge on any atom is 0.264 e. The molecule has 40 heavy (non-hydrogen) atoms. The second-order valence-electron chi connectivity index (χ2n) is 11.1. The molecule has 2 fully saturated rings. The van der Waals surface area contributed by atoms with Crippen molar-refractivity contribution < 1.29 is 22.4 Å². The van der Waals surface area contributed by atoms with E-state index >= 15 is 0 Å². The molecule has 1 N–H and O–H groups in total. The lowest BCUT2D eigenvalue weighted by molar-refractivity contribution is -0.130. The number of hydrogen-bond acceptors (Lipinski definition) is 5. The van der Waals surface area contributed by atoms with Crippen molar-refractivity contribution in [2.45, 2.75) is 55.9 Å². The van der Waals surface area contributed by atoms with Crippen LogP contribution < -0.4 is 9.62 Å². The maximum atomic E-state index is 14.2. The van der Waals surface area contributed by atoms with E-state index < -0.39 is 21.3 Å². The van der Waals surface area contributed by atoms with Gasteiger partial charge in [0.2, 0.25) is 5.91 Å². The third-order valence-electron chi connectivity index (χ3n) is 8.52. The summed E-state index contributed by atoms with van der Waals surface area (Å²) in [7, 11) is -4.04. The van der Waals surface area contributed by atoms with Crippen LogP contribution in [0.5, 0.6) is 0 Å². The molecule has 2 amide bonds. The topological polar surface area (TPSA) is 99.7 Å². The number of hydrogen-bond donors (Lipinski definition) is 1. The van der Waals surface area contributed by atoms with Gasteiger partial charge in [0, 0.05) is 37.2 Å². The number of amides is 2. The van der Waals surface area contributed by atoms with Gasteiger partial charge in [-0.1, -0.05) is 0 Å². The quantitative estimate of drug-likeness (QED) is 0.488. The van der Waals surface area contributed by atoms with Crippen LogP contribution in [0.1, 0.15) is 54.1 Å². The van der Waals surface area contributed by atoms with Gasteiger partial charge in [0.15, 0.2) is 0 Å². The first-order valence-electron chi connectivity index (χ1n) is 13.5. The summed E-state index contributed by atoms with van der Waals surface area (Å²) in [6.07, 6.45) is 6.26. The number of carbonyl (C=O) groups excluding carboxylic acids is 2. The van der Waals surface area contributed by atoms with Crippen LogP contribution in [0.4, 0.5) is 15.8 Å². The average molecular weight is 563 g/mol. The number of nitrogens with zero attached hydrogens (tertiary/aromatic N) is 3. The molecule has 1 aliphatic carbocycles. The number of rotatable bonds is 5. The minimum Gasteiger partial charge on any atom is -0.343 e. The number of sulfonamides is 1. The van der Waals surface area contributed by atoms with Crippen LogP contribution in [0.15, 0.2) is 65.8 Å². The molecule has 2 aromatic carbocycles. The number of carbonyl (C=O) groups is 2.